The van der Waals surface area contributed by atoms with E-state index in [0.29, 0.717) is 6.42 Å². The average Bonchev–Trinajstić information content (AvgIpc) is 2.77. The number of aromatic nitrogens is 2. The summed E-state index contributed by atoms with van der Waals surface area (Å²) in [6.07, 6.45) is 1.65. The molecule has 0 aliphatic carbocycles. The van der Waals surface area contributed by atoms with Gasteiger partial charge in [0, 0.05) is 13.6 Å². The summed E-state index contributed by atoms with van der Waals surface area (Å²) in [5.41, 5.74) is 3.02. The Hall–Kier alpha value is -1.68. The van der Waals surface area contributed by atoms with Crippen molar-refractivity contribution in [2.24, 2.45) is 7.05 Å². The minimum Gasteiger partial charge on any atom is -0.311 e. The number of nitrogens with zero attached hydrogens (tertiary/aromatic N) is 2. The average molecular weight is 261 g/mol. The van der Waals surface area contributed by atoms with Crippen molar-refractivity contribution in [2.75, 3.05) is 6.54 Å². The van der Waals surface area contributed by atoms with Gasteiger partial charge in [0.2, 0.25) is 0 Å². The van der Waals surface area contributed by atoms with Gasteiger partial charge in [-0.15, -0.1) is 0 Å². The van der Waals surface area contributed by atoms with E-state index in [1.807, 2.05) is 23.9 Å². The monoisotopic (exact) mass is 261 g/mol. The van der Waals surface area contributed by atoms with Crippen LogP contribution < -0.4 is 5.32 Å². The first-order chi connectivity index (χ1) is 9.20. The summed E-state index contributed by atoms with van der Waals surface area (Å²) in [6, 6.07) is 9.03. The Labute approximate surface area is 113 Å². The zero-order valence-electron chi connectivity index (χ0n) is 11.5. The van der Waals surface area contributed by atoms with E-state index >= 15 is 0 Å². The van der Waals surface area contributed by atoms with Crippen LogP contribution in [0.25, 0.3) is 0 Å². The highest BCUT2D eigenvalue weighted by Gasteiger charge is 2.04. The molecule has 2 aromatic rings. The van der Waals surface area contributed by atoms with Crippen molar-refractivity contribution in [2.45, 2.75) is 26.3 Å². The van der Waals surface area contributed by atoms with Gasteiger partial charge in [0.05, 0.1) is 11.4 Å². The van der Waals surface area contributed by atoms with Crippen molar-refractivity contribution in [3.05, 3.63) is 53.1 Å². The summed E-state index contributed by atoms with van der Waals surface area (Å²) < 4.78 is 15.3. The Morgan fingerprint density at radius 2 is 2.11 bits per heavy atom. The Bertz CT molecular complexity index is 534. The van der Waals surface area contributed by atoms with Crippen molar-refractivity contribution < 1.29 is 4.39 Å². The van der Waals surface area contributed by atoms with E-state index in [0.717, 1.165) is 36.5 Å². The molecule has 0 atom stereocenters. The maximum absolute atomic E-state index is 13.4. The summed E-state index contributed by atoms with van der Waals surface area (Å²) in [6.45, 7) is 3.61. The van der Waals surface area contributed by atoms with Crippen LogP contribution in [0.2, 0.25) is 0 Å². The summed E-state index contributed by atoms with van der Waals surface area (Å²) in [5, 5.41) is 7.72. The van der Waals surface area contributed by atoms with Crippen LogP contribution in [0.4, 0.5) is 4.39 Å². The Morgan fingerprint density at radius 1 is 1.32 bits per heavy atom. The molecular weight excluding hydrogens is 241 g/mol. The highest BCUT2D eigenvalue weighted by Crippen LogP contribution is 2.07. The van der Waals surface area contributed by atoms with Crippen molar-refractivity contribution in [1.29, 1.82) is 0 Å². The second-order valence-corrected chi connectivity index (χ2v) is 4.62. The molecule has 102 valence electrons. The number of hydrogen-bond acceptors (Lipinski definition) is 2. The van der Waals surface area contributed by atoms with Gasteiger partial charge < -0.3 is 5.32 Å². The van der Waals surface area contributed by atoms with E-state index in [-0.39, 0.29) is 5.82 Å². The van der Waals surface area contributed by atoms with Gasteiger partial charge in [-0.25, -0.2) is 4.39 Å². The van der Waals surface area contributed by atoms with Crippen molar-refractivity contribution in [3.8, 4) is 0 Å². The van der Waals surface area contributed by atoms with E-state index in [9.17, 15) is 4.39 Å². The minimum atomic E-state index is -0.127. The van der Waals surface area contributed by atoms with Crippen molar-refractivity contribution in [1.82, 2.24) is 15.1 Å². The first kappa shape index (κ1) is 13.7. The molecule has 3 nitrogen and oxygen atoms in total. The van der Waals surface area contributed by atoms with Gasteiger partial charge >= 0.3 is 0 Å². The third-order valence-electron chi connectivity index (χ3n) is 3.22. The van der Waals surface area contributed by atoms with Crippen LogP contribution in [0.1, 0.15) is 23.9 Å². The summed E-state index contributed by atoms with van der Waals surface area (Å²) in [4.78, 5) is 0. The smallest absolute Gasteiger partial charge is 0.126 e. The van der Waals surface area contributed by atoms with E-state index in [4.69, 9.17) is 0 Å². The molecule has 2 rings (SSSR count). The summed E-state index contributed by atoms with van der Waals surface area (Å²) in [7, 11) is 1.95. The largest absolute Gasteiger partial charge is 0.311 e. The second-order valence-electron chi connectivity index (χ2n) is 4.62. The van der Waals surface area contributed by atoms with Crippen LogP contribution in [-0.2, 0) is 26.4 Å². The molecule has 19 heavy (non-hydrogen) atoms. The van der Waals surface area contributed by atoms with Gasteiger partial charge in [0.1, 0.15) is 5.82 Å². The van der Waals surface area contributed by atoms with Crippen LogP contribution in [0, 0.1) is 5.82 Å². The molecular formula is C15H20FN3. The molecule has 0 saturated carbocycles. The van der Waals surface area contributed by atoms with Gasteiger partial charge in [-0.05, 0) is 37.1 Å². The highest BCUT2D eigenvalue weighted by atomic mass is 19.1. The lowest BCUT2D eigenvalue weighted by Gasteiger charge is -2.06. The van der Waals surface area contributed by atoms with Crippen LogP contribution in [0.15, 0.2) is 30.3 Å². The number of aryl methyl sites for hydroxylation is 2. The van der Waals surface area contributed by atoms with Gasteiger partial charge in [-0.2, -0.15) is 5.10 Å². The van der Waals surface area contributed by atoms with Crippen LogP contribution in [0.3, 0.4) is 0 Å². The lowest BCUT2D eigenvalue weighted by molar-refractivity contribution is 0.588. The second kappa shape index (κ2) is 6.48. The molecule has 0 saturated heterocycles. The summed E-state index contributed by atoms with van der Waals surface area (Å²) in [5.74, 6) is -0.127. The molecule has 0 fully saturated rings. The van der Waals surface area contributed by atoms with E-state index in [2.05, 4.69) is 23.4 Å². The molecule has 4 heteroatoms. The first-order valence-corrected chi connectivity index (χ1v) is 6.66. The number of halogens is 1. The lowest BCUT2D eigenvalue weighted by atomic mass is 10.1. The molecule has 0 spiro atoms. The predicted octanol–water partition coefficient (Wildman–Crippen LogP) is 2.45. The SMILES string of the molecule is CCc1cc(CNCCc2ccccc2F)n(C)n1. The normalized spacial score (nSPS) is 10.9. The number of nitrogens with one attached hydrogen (secondary N) is 1. The zero-order valence-corrected chi connectivity index (χ0v) is 11.5. The number of rotatable bonds is 6. The quantitative estimate of drug-likeness (QED) is 0.810. The third kappa shape index (κ3) is 3.64. The molecule has 0 amide bonds. The fourth-order valence-electron chi connectivity index (χ4n) is 2.05. The predicted molar refractivity (Wildman–Crippen MR) is 74.4 cm³/mol. The standard InChI is InChI=1S/C15H20FN3/c1-3-13-10-14(19(2)18-13)11-17-9-8-12-6-4-5-7-15(12)16/h4-7,10,17H,3,8-9,11H2,1-2H3. The van der Waals surface area contributed by atoms with Crippen molar-refractivity contribution in [3.63, 3.8) is 0 Å². The highest BCUT2D eigenvalue weighted by molar-refractivity contribution is 5.17. The van der Waals surface area contributed by atoms with Crippen LogP contribution >= 0.6 is 0 Å². The third-order valence-corrected chi connectivity index (χ3v) is 3.22. The molecule has 1 aromatic carbocycles. The molecule has 0 radical (unpaired) electrons. The molecule has 0 unspecified atom stereocenters. The minimum absolute atomic E-state index is 0.127. The zero-order chi connectivity index (χ0) is 13.7. The molecule has 1 heterocycles. The fourth-order valence-corrected chi connectivity index (χ4v) is 2.05. The Balaban J connectivity index is 1.81. The Morgan fingerprint density at radius 3 is 2.79 bits per heavy atom. The number of benzene rings is 1. The van der Waals surface area contributed by atoms with Crippen LogP contribution in [-0.4, -0.2) is 16.3 Å². The molecule has 0 aliphatic rings. The van der Waals surface area contributed by atoms with E-state index < -0.39 is 0 Å². The number of hydrogen-bond donors (Lipinski definition) is 1. The maximum atomic E-state index is 13.4. The summed E-state index contributed by atoms with van der Waals surface area (Å²) >= 11 is 0. The maximum Gasteiger partial charge on any atom is 0.126 e. The van der Waals surface area contributed by atoms with Gasteiger partial charge in [0.15, 0.2) is 0 Å². The first-order valence-electron chi connectivity index (χ1n) is 6.66. The molecule has 1 aromatic heterocycles. The van der Waals surface area contributed by atoms with Crippen molar-refractivity contribution >= 4 is 0 Å². The lowest BCUT2D eigenvalue weighted by Crippen LogP contribution is -2.18. The van der Waals surface area contributed by atoms with Gasteiger partial charge in [0.25, 0.3) is 0 Å². The van der Waals surface area contributed by atoms with Crippen LogP contribution in [0.5, 0.6) is 0 Å². The van der Waals surface area contributed by atoms with E-state index in [1.54, 1.807) is 6.07 Å². The molecule has 1 N–H and O–H groups in total. The topological polar surface area (TPSA) is 29.9 Å². The Kier molecular flexibility index (Phi) is 4.68. The molecule has 0 aliphatic heterocycles. The molecule has 0 bridgehead atoms. The van der Waals surface area contributed by atoms with Gasteiger partial charge in [-0.1, -0.05) is 25.1 Å². The van der Waals surface area contributed by atoms with E-state index in [1.165, 1.54) is 6.07 Å². The van der Waals surface area contributed by atoms with Gasteiger partial charge in [-0.3, -0.25) is 4.68 Å². The fraction of sp³-hybridized carbons (Fsp3) is 0.400.